The van der Waals surface area contributed by atoms with E-state index in [2.05, 4.69) is 10.3 Å². The topological polar surface area (TPSA) is 86.3 Å². The number of aromatic nitrogens is 3. The third-order valence-electron chi connectivity index (χ3n) is 3.06. The van der Waals surface area contributed by atoms with Gasteiger partial charge in [-0.2, -0.15) is 0 Å². The van der Waals surface area contributed by atoms with Gasteiger partial charge >= 0.3 is 0 Å². The largest absolute Gasteiger partial charge is 0.496 e. The number of amides is 1. The molecule has 0 saturated heterocycles. The van der Waals surface area contributed by atoms with Crippen molar-refractivity contribution in [1.82, 2.24) is 19.9 Å². The van der Waals surface area contributed by atoms with Crippen LogP contribution in [0.5, 0.6) is 5.75 Å². The van der Waals surface area contributed by atoms with Crippen LogP contribution in [-0.2, 0) is 13.1 Å². The minimum Gasteiger partial charge on any atom is -0.496 e. The van der Waals surface area contributed by atoms with E-state index in [0.717, 1.165) is 11.3 Å². The number of benzene rings is 1. The van der Waals surface area contributed by atoms with Crippen LogP contribution in [0, 0.1) is 0 Å². The maximum absolute atomic E-state index is 12.3. The summed E-state index contributed by atoms with van der Waals surface area (Å²) < 4.78 is 6.84. The molecule has 0 aliphatic rings. The van der Waals surface area contributed by atoms with E-state index >= 15 is 0 Å². The van der Waals surface area contributed by atoms with Crippen molar-refractivity contribution in [3.05, 3.63) is 41.7 Å². The molecule has 0 atom stereocenters. The van der Waals surface area contributed by atoms with Crippen LogP contribution in [0.25, 0.3) is 0 Å². The molecule has 112 valence electrons. The lowest BCUT2D eigenvalue weighted by atomic mass is 10.2. The lowest BCUT2D eigenvalue weighted by molar-refractivity contribution is 0.0778. The van der Waals surface area contributed by atoms with Crippen molar-refractivity contribution >= 4 is 5.91 Å². The molecule has 0 aliphatic heterocycles. The van der Waals surface area contributed by atoms with Crippen LogP contribution in [0.2, 0.25) is 0 Å². The van der Waals surface area contributed by atoms with Crippen molar-refractivity contribution in [2.75, 3.05) is 20.7 Å². The van der Waals surface area contributed by atoms with Gasteiger partial charge < -0.3 is 15.4 Å². The van der Waals surface area contributed by atoms with E-state index in [0.29, 0.717) is 25.3 Å². The standard InChI is InChI=1S/C14H19N5O2/c1-18(9-11-5-3-4-6-13(11)21-2)14(20)12-10-19(8-7-15)17-16-12/h3-6,10H,7-9,15H2,1-2H3. The third-order valence-corrected chi connectivity index (χ3v) is 3.06. The number of hydrogen-bond acceptors (Lipinski definition) is 5. The molecule has 1 heterocycles. The molecule has 2 rings (SSSR count). The zero-order valence-electron chi connectivity index (χ0n) is 12.2. The van der Waals surface area contributed by atoms with Crippen molar-refractivity contribution in [2.24, 2.45) is 5.73 Å². The van der Waals surface area contributed by atoms with Gasteiger partial charge in [-0.15, -0.1) is 5.10 Å². The molecule has 0 aliphatic carbocycles. The minimum absolute atomic E-state index is 0.191. The highest BCUT2D eigenvalue weighted by Gasteiger charge is 2.17. The fourth-order valence-corrected chi connectivity index (χ4v) is 1.99. The number of hydrogen-bond donors (Lipinski definition) is 1. The Hall–Kier alpha value is -2.41. The van der Waals surface area contributed by atoms with Crippen LogP contribution >= 0.6 is 0 Å². The summed E-state index contributed by atoms with van der Waals surface area (Å²) in [6, 6.07) is 7.59. The molecule has 0 spiro atoms. The van der Waals surface area contributed by atoms with Gasteiger partial charge in [0.05, 0.1) is 19.9 Å². The van der Waals surface area contributed by atoms with Crippen molar-refractivity contribution in [1.29, 1.82) is 0 Å². The molecule has 7 heteroatoms. The van der Waals surface area contributed by atoms with Crippen molar-refractivity contribution in [3.63, 3.8) is 0 Å². The van der Waals surface area contributed by atoms with Crippen molar-refractivity contribution in [2.45, 2.75) is 13.1 Å². The predicted molar refractivity (Wildman–Crippen MR) is 77.9 cm³/mol. The molecule has 0 saturated carbocycles. The summed E-state index contributed by atoms with van der Waals surface area (Å²) in [6.07, 6.45) is 1.61. The summed E-state index contributed by atoms with van der Waals surface area (Å²) in [7, 11) is 3.33. The fraction of sp³-hybridized carbons (Fsp3) is 0.357. The summed E-state index contributed by atoms with van der Waals surface area (Å²) in [5.74, 6) is 0.563. The Balaban J connectivity index is 2.08. The Labute approximate surface area is 123 Å². The number of carbonyl (C=O) groups excluding carboxylic acids is 1. The van der Waals surface area contributed by atoms with Gasteiger partial charge in [0.2, 0.25) is 0 Å². The van der Waals surface area contributed by atoms with Crippen LogP contribution in [-0.4, -0.2) is 46.5 Å². The van der Waals surface area contributed by atoms with E-state index < -0.39 is 0 Å². The summed E-state index contributed by atoms with van der Waals surface area (Å²) >= 11 is 0. The number of nitrogens with two attached hydrogens (primary N) is 1. The second-order valence-corrected chi connectivity index (χ2v) is 4.63. The zero-order valence-corrected chi connectivity index (χ0v) is 12.2. The molecule has 0 unspecified atom stereocenters. The lowest BCUT2D eigenvalue weighted by Gasteiger charge is -2.17. The normalized spacial score (nSPS) is 10.4. The van der Waals surface area contributed by atoms with Gasteiger partial charge in [0.1, 0.15) is 5.75 Å². The molecular weight excluding hydrogens is 270 g/mol. The molecule has 1 aromatic carbocycles. The highest BCUT2D eigenvalue weighted by molar-refractivity contribution is 5.91. The van der Waals surface area contributed by atoms with Crippen molar-refractivity contribution < 1.29 is 9.53 Å². The van der Waals surface area contributed by atoms with Gasteiger partial charge in [-0.05, 0) is 6.07 Å². The van der Waals surface area contributed by atoms with Crippen LogP contribution in [0.15, 0.2) is 30.5 Å². The van der Waals surface area contributed by atoms with Gasteiger partial charge in [0.25, 0.3) is 5.91 Å². The molecule has 0 fully saturated rings. The number of nitrogens with zero attached hydrogens (tertiary/aromatic N) is 4. The van der Waals surface area contributed by atoms with Crippen molar-refractivity contribution in [3.8, 4) is 5.75 Å². The first-order chi connectivity index (χ1) is 10.2. The first kappa shape index (κ1) is 15.0. The molecule has 1 aromatic heterocycles. The zero-order chi connectivity index (χ0) is 15.2. The van der Waals surface area contributed by atoms with E-state index in [9.17, 15) is 4.79 Å². The maximum atomic E-state index is 12.3. The number of ether oxygens (including phenoxy) is 1. The SMILES string of the molecule is COc1ccccc1CN(C)C(=O)c1cn(CCN)nn1. The Bertz CT molecular complexity index is 611. The van der Waals surface area contributed by atoms with Gasteiger partial charge in [0.15, 0.2) is 5.69 Å². The fourth-order valence-electron chi connectivity index (χ4n) is 1.99. The molecule has 0 radical (unpaired) electrons. The Morgan fingerprint density at radius 2 is 2.19 bits per heavy atom. The van der Waals surface area contributed by atoms with E-state index in [-0.39, 0.29) is 5.91 Å². The van der Waals surface area contributed by atoms with Gasteiger partial charge in [-0.1, -0.05) is 23.4 Å². The highest BCUT2D eigenvalue weighted by Crippen LogP contribution is 2.19. The summed E-state index contributed by atoms with van der Waals surface area (Å²) in [5.41, 5.74) is 6.68. The second kappa shape index (κ2) is 6.85. The number of methoxy groups -OCH3 is 1. The van der Waals surface area contributed by atoms with E-state index in [1.54, 1.807) is 29.9 Å². The third kappa shape index (κ3) is 3.57. The first-order valence-electron chi connectivity index (χ1n) is 6.63. The Kier molecular flexibility index (Phi) is 4.89. The van der Waals surface area contributed by atoms with Gasteiger partial charge in [-0.3, -0.25) is 9.48 Å². The number of para-hydroxylation sites is 1. The summed E-state index contributed by atoms with van der Waals surface area (Å²) in [5, 5.41) is 7.74. The quantitative estimate of drug-likeness (QED) is 0.837. The first-order valence-corrected chi connectivity index (χ1v) is 6.63. The Morgan fingerprint density at radius 1 is 1.43 bits per heavy atom. The van der Waals surface area contributed by atoms with Crippen LogP contribution in [0.3, 0.4) is 0 Å². The average molecular weight is 289 g/mol. The van der Waals surface area contributed by atoms with Crippen LogP contribution in [0.4, 0.5) is 0 Å². The molecule has 21 heavy (non-hydrogen) atoms. The molecule has 0 bridgehead atoms. The highest BCUT2D eigenvalue weighted by atomic mass is 16.5. The smallest absolute Gasteiger partial charge is 0.276 e. The monoisotopic (exact) mass is 289 g/mol. The van der Waals surface area contributed by atoms with Crippen LogP contribution in [0.1, 0.15) is 16.1 Å². The Morgan fingerprint density at radius 3 is 2.90 bits per heavy atom. The number of carbonyl (C=O) groups is 1. The average Bonchev–Trinajstić information content (AvgIpc) is 2.96. The van der Waals surface area contributed by atoms with Gasteiger partial charge in [0, 0.05) is 25.7 Å². The van der Waals surface area contributed by atoms with E-state index in [1.807, 2.05) is 24.3 Å². The molecule has 2 aromatic rings. The van der Waals surface area contributed by atoms with Gasteiger partial charge in [-0.25, -0.2) is 0 Å². The van der Waals surface area contributed by atoms with E-state index in [4.69, 9.17) is 10.5 Å². The second-order valence-electron chi connectivity index (χ2n) is 4.63. The van der Waals surface area contributed by atoms with Crippen LogP contribution < -0.4 is 10.5 Å². The number of rotatable bonds is 6. The lowest BCUT2D eigenvalue weighted by Crippen LogP contribution is -2.26. The van der Waals surface area contributed by atoms with E-state index in [1.165, 1.54) is 0 Å². The molecular formula is C14H19N5O2. The minimum atomic E-state index is -0.191. The molecule has 7 nitrogen and oxygen atoms in total. The molecule has 2 N–H and O–H groups in total. The molecule has 1 amide bonds. The summed E-state index contributed by atoms with van der Waals surface area (Å²) in [6.45, 7) is 1.43. The predicted octanol–water partition coefficient (Wildman–Crippen LogP) is 0.518. The maximum Gasteiger partial charge on any atom is 0.276 e. The summed E-state index contributed by atoms with van der Waals surface area (Å²) in [4.78, 5) is 13.9.